The van der Waals surface area contributed by atoms with E-state index in [1.165, 1.54) is 0 Å². The number of rotatable bonds is 7. The van der Waals surface area contributed by atoms with E-state index in [1.54, 1.807) is 39.7 Å². The van der Waals surface area contributed by atoms with Crippen LogP contribution in [0.5, 0.6) is 17.2 Å². The third-order valence-electron chi connectivity index (χ3n) is 3.88. The van der Waals surface area contributed by atoms with Gasteiger partial charge in [-0.15, -0.1) is 35.3 Å². The Labute approximate surface area is 181 Å². The number of methoxy groups -OCH3 is 3. The molecule has 0 aliphatic rings. The zero-order valence-electron chi connectivity index (χ0n) is 16.5. The van der Waals surface area contributed by atoms with E-state index >= 15 is 0 Å². The summed E-state index contributed by atoms with van der Waals surface area (Å²) in [6.45, 7) is 3.19. The van der Waals surface area contributed by atoms with Crippen molar-refractivity contribution in [3.63, 3.8) is 0 Å². The summed E-state index contributed by atoms with van der Waals surface area (Å²) >= 11 is 1.65. The zero-order valence-corrected chi connectivity index (χ0v) is 19.7. The lowest BCUT2D eigenvalue weighted by atomic mass is 10.1. The van der Waals surface area contributed by atoms with Crippen molar-refractivity contribution in [2.75, 3.05) is 35.4 Å². The Bertz CT molecular complexity index is 742. The van der Waals surface area contributed by atoms with Gasteiger partial charge in [0.25, 0.3) is 0 Å². The topological polar surface area (TPSA) is 68.2 Å². The van der Waals surface area contributed by atoms with Crippen LogP contribution in [-0.2, 0) is 13.1 Å². The molecule has 0 bridgehead atoms. The molecular weight excluding hydrogens is 479 g/mol. The number of nitrogens with zero attached hydrogens (tertiary/aromatic N) is 3. The summed E-state index contributed by atoms with van der Waals surface area (Å²) in [5.74, 6) is 2.84. The first-order chi connectivity index (χ1) is 12.5. The van der Waals surface area contributed by atoms with Crippen molar-refractivity contribution in [2.45, 2.75) is 20.0 Å². The summed E-state index contributed by atoms with van der Waals surface area (Å²) in [6.07, 6.45) is 0. The average Bonchev–Trinajstić information content (AvgIpc) is 3.06. The molecule has 7 nitrogen and oxygen atoms in total. The van der Waals surface area contributed by atoms with Crippen molar-refractivity contribution in [3.05, 3.63) is 33.8 Å². The summed E-state index contributed by atoms with van der Waals surface area (Å²) in [5, 5.41) is 6.47. The summed E-state index contributed by atoms with van der Waals surface area (Å²) in [6, 6.07) is 3.67. The molecule has 0 fully saturated rings. The van der Waals surface area contributed by atoms with Crippen LogP contribution in [0.4, 0.5) is 0 Å². The Morgan fingerprint density at radius 1 is 1.19 bits per heavy atom. The van der Waals surface area contributed by atoms with Crippen molar-refractivity contribution in [3.8, 4) is 17.2 Å². The number of thiazole rings is 1. The molecule has 9 heteroatoms. The number of aryl methyl sites for hydroxylation is 1. The molecule has 0 aliphatic heterocycles. The van der Waals surface area contributed by atoms with Gasteiger partial charge in [0.15, 0.2) is 5.96 Å². The van der Waals surface area contributed by atoms with Gasteiger partial charge in [-0.2, -0.15) is 0 Å². The van der Waals surface area contributed by atoms with Gasteiger partial charge in [0.2, 0.25) is 0 Å². The fraction of sp³-hybridized carbons (Fsp3) is 0.444. The van der Waals surface area contributed by atoms with E-state index in [9.17, 15) is 0 Å². The molecule has 2 aromatic rings. The van der Waals surface area contributed by atoms with Gasteiger partial charge < -0.3 is 24.4 Å². The van der Waals surface area contributed by atoms with Gasteiger partial charge in [-0.25, -0.2) is 4.98 Å². The SMILES string of the molecule is CN=C(NCc1c(OC)cc(OC)cc1OC)N(C)Cc1csc(C)n1.I. The first-order valence-electron chi connectivity index (χ1n) is 8.14. The third kappa shape index (κ3) is 6.13. The van der Waals surface area contributed by atoms with Gasteiger partial charge in [0.05, 0.1) is 50.7 Å². The molecule has 27 heavy (non-hydrogen) atoms. The predicted octanol–water partition coefficient (Wildman–Crippen LogP) is 3.30. The van der Waals surface area contributed by atoms with E-state index in [0.29, 0.717) is 30.3 Å². The number of nitrogens with one attached hydrogen (secondary N) is 1. The standard InChI is InChI=1S/C18H26N4O3S.HI/c1-12-21-13(11-26-12)10-22(3)18(19-2)20-9-15-16(24-5)7-14(23-4)8-17(15)25-6;/h7-8,11H,9-10H2,1-6H3,(H,19,20);1H. The summed E-state index contributed by atoms with van der Waals surface area (Å²) in [7, 11) is 8.61. The van der Waals surface area contributed by atoms with Crippen LogP contribution < -0.4 is 19.5 Å². The van der Waals surface area contributed by atoms with Gasteiger partial charge in [0, 0.05) is 31.6 Å². The van der Waals surface area contributed by atoms with Crippen molar-refractivity contribution in [1.82, 2.24) is 15.2 Å². The van der Waals surface area contributed by atoms with Gasteiger partial charge in [0.1, 0.15) is 17.2 Å². The fourth-order valence-electron chi connectivity index (χ4n) is 2.60. The molecule has 0 spiro atoms. The minimum atomic E-state index is 0. The predicted molar refractivity (Wildman–Crippen MR) is 120 cm³/mol. The van der Waals surface area contributed by atoms with Crippen LogP contribution >= 0.6 is 35.3 Å². The van der Waals surface area contributed by atoms with Gasteiger partial charge >= 0.3 is 0 Å². The molecule has 2 rings (SSSR count). The zero-order chi connectivity index (χ0) is 19.1. The molecule has 1 aromatic heterocycles. The molecule has 0 amide bonds. The van der Waals surface area contributed by atoms with Crippen molar-refractivity contribution in [1.29, 1.82) is 0 Å². The number of halogens is 1. The van der Waals surface area contributed by atoms with Crippen LogP contribution in [0.3, 0.4) is 0 Å². The van der Waals surface area contributed by atoms with E-state index in [2.05, 4.69) is 20.7 Å². The van der Waals surface area contributed by atoms with Crippen LogP contribution in [0, 0.1) is 6.92 Å². The van der Waals surface area contributed by atoms with Gasteiger partial charge in [-0.1, -0.05) is 0 Å². The summed E-state index contributed by atoms with van der Waals surface area (Å²) < 4.78 is 16.3. The van der Waals surface area contributed by atoms with Crippen LogP contribution in [0.15, 0.2) is 22.5 Å². The normalized spacial score (nSPS) is 10.8. The first kappa shape index (κ1) is 23.3. The van der Waals surface area contributed by atoms with E-state index < -0.39 is 0 Å². The second kappa shape index (κ2) is 11.2. The molecule has 0 saturated carbocycles. The fourth-order valence-corrected chi connectivity index (χ4v) is 3.21. The molecular formula is C18H27IN4O3S. The Morgan fingerprint density at radius 3 is 2.26 bits per heavy atom. The van der Waals surface area contributed by atoms with Gasteiger partial charge in [-0.3, -0.25) is 4.99 Å². The van der Waals surface area contributed by atoms with Crippen molar-refractivity contribution >= 4 is 41.3 Å². The number of aliphatic imine (C=N–C) groups is 1. The van der Waals surface area contributed by atoms with Crippen LogP contribution in [0.25, 0.3) is 0 Å². The summed E-state index contributed by atoms with van der Waals surface area (Å²) in [4.78, 5) is 10.9. The lowest BCUT2D eigenvalue weighted by Gasteiger charge is -2.22. The van der Waals surface area contributed by atoms with Gasteiger partial charge in [-0.05, 0) is 6.92 Å². The second-order valence-corrected chi connectivity index (χ2v) is 6.69. The van der Waals surface area contributed by atoms with Crippen LogP contribution in [-0.4, -0.2) is 51.3 Å². The highest BCUT2D eigenvalue weighted by Crippen LogP contribution is 2.33. The maximum Gasteiger partial charge on any atom is 0.194 e. The molecule has 0 radical (unpaired) electrons. The Morgan fingerprint density at radius 2 is 1.81 bits per heavy atom. The number of ether oxygens (including phenoxy) is 3. The highest BCUT2D eigenvalue weighted by atomic mass is 127. The Balaban J connectivity index is 0.00000364. The summed E-state index contributed by atoms with van der Waals surface area (Å²) in [5.41, 5.74) is 1.92. The average molecular weight is 506 g/mol. The number of hydrogen-bond donors (Lipinski definition) is 1. The maximum absolute atomic E-state index is 5.49. The molecule has 0 unspecified atom stereocenters. The maximum atomic E-state index is 5.49. The van der Waals surface area contributed by atoms with E-state index in [0.717, 1.165) is 22.2 Å². The monoisotopic (exact) mass is 506 g/mol. The molecule has 0 saturated heterocycles. The molecule has 150 valence electrons. The first-order valence-corrected chi connectivity index (χ1v) is 9.02. The molecule has 1 N–H and O–H groups in total. The number of aromatic nitrogens is 1. The molecule has 1 aromatic carbocycles. The largest absolute Gasteiger partial charge is 0.496 e. The Hall–Kier alpha value is -1.75. The lowest BCUT2D eigenvalue weighted by molar-refractivity contribution is 0.367. The van der Waals surface area contributed by atoms with Crippen molar-refractivity contribution in [2.24, 2.45) is 4.99 Å². The molecule has 0 aliphatic carbocycles. The number of hydrogen-bond acceptors (Lipinski definition) is 6. The second-order valence-electron chi connectivity index (χ2n) is 5.63. The van der Waals surface area contributed by atoms with Crippen molar-refractivity contribution < 1.29 is 14.2 Å². The third-order valence-corrected chi connectivity index (χ3v) is 4.70. The highest BCUT2D eigenvalue weighted by molar-refractivity contribution is 14.0. The van der Waals surface area contributed by atoms with E-state index in [1.807, 2.05) is 31.0 Å². The highest BCUT2D eigenvalue weighted by Gasteiger charge is 2.15. The van der Waals surface area contributed by atoms with Crippen LogP contribution in [0.1, 0.15) is 16.3 Å². The van der Waals surface area contributed by atoms with E-state index in [-0.39, 0.29) is 24.0 Å². The number of guanidine groups is 1. The quantitative estimate of drug-likeness (QED) is 0.353. The minimum absolute atomic E-state index is 0. The van der Waals surface area contributed by atoms with Crippen LogP contribution in [0.2, 0.25) is 0 Å². The smallest absolute Gasteiger partial charge is 0.194 e. The minimum Gasteiger partial charge on any atom is -0.496 e. The molecule has 0 atom stereocenters. The Kier molecular flexibility index (Phi) is 9.64. The molecule has 1 heterocycles. The lowest BCUT2D eigenvalue weighted by Crippen LogP contribution is -2.38. The van der Waals surface area contributed by atoms with E-state index in [4.69, 9.17) is 14.2 Å². The number of benzene rings is 1.